The maximum Gasteiger partial charge on any atom is 0.222 e. The van der Waals surface area contributed by atoms with Crippen LogP contribution in [0, 0.1) is 0 Å². The van der Waals surface area contributed by atoms with Crippen molar-refractivity contribution in [1.29, 1.82) is 0 Å². The maximum atomic E-state index is 11.8. The van der Waals surface area contributed by atoms with E-state index in [1.54, 1.807) is 0 Å². The zero-order valence-corrected chi connectivity index (χ0v) is 9.72. The fourth-order valence-corrected chi connectivity index (χ4v) is 1.57. The maximum absolute atomic E-state index is 11.8. The molecule has 16 heavy (non-hydrogen) atoms. The molecule has 1 aromatic carbocycles. The third-order valence-corrected chi connectivity index (χ3v) is 2.50. The lowest BCUT2D eigenvalue weighted by molar-refractivity contribution is -0.131. The van der Waals surface area contributed by atoms with Gasteiger partial charge < -0.3 is 10.0 Å². The SMILES string of the molecule is CCN(Cc1ccccc1)C(=O)CCCO. The molecule has 1 aromatic rings. The monoisotopic (exact) mass is 221 g/mol. The number of benzene rings is 1. The molecule has 0 saturated carbocycles. The predicted molar refractivity (Wildman–Crippen MR) is 63.9 cm³/mol. The Hall–Kier alpha value is -1.35. The summed E-state index contributed by atoms with van der Waals surface area (Å²) in [6, 6.07) is 9.94. The number of aliphatic hydroxyl groups excluding tert-OH is 1. The van der Waals surface area contributed by atoms with Crippen LogP contribution in [0.4, 0.5) is 0 Å². The van der Waals surface area contributed by atoms with Gasteiger partial charge in [-0.25, -0.2) is 0 Å². The topological polar surface area (TPSA) is 40.5 Å². The number of hydrogen-bond acceptors (Lipinski definition) is 2. The molecule has 88 valence electrons. The summed E-state index contributed by atoms with van der Waals surface area (Å²) in [5.41, 5.74) is 1.14. The summed E-state index contributed by atoms with van der Waals surface area (Å²) in [5.74, 6) is 0.111. The standard InChI is InChI=1S/C13H19NO2/c1-2-14(13(16)9-6-10-15)11-12-7-4-3-5-8-12/h3-5,7-8,15H,2,6,9-11H2,1H3. The summed E-state index contributed by atoms with van der Waals surface area (Å²) in [6.45, 7) is 3.41. The normalized spacial score (nSPS) is 10.1. The van der Waals surface area contributed by atoms with Crippen LogP contribution in [0.25, 0.3) is 0 Å². The Labute approximate surface area is 96.7 Å². The van der Waals surface area contributed by atoms with Crippen molar-refractivity contribution in [2.24, 2.45) is 0 Å². The molecule has 0 aromatic heterocycles. The molecule has 0 aliphatic rings. The highest BCUT2D eigenvalue weighted by Gasteiger charge is 2.10. The number of nitrogens with zero attached hydrogens (tertiary/aromatic N) is 1. The van der Waals surface area contributed by atoms with Crippen molar-refractivity contribution < 1.29 is 9.90 Å². The van der Waals surface area contributed by atoms with Crippen LogP contribution in [-0.4, -0.2) is 29.1 Å². The van der Waals surface area contributed by atoms with E-state index in [-0.39, 0.29) is 12.5 Å². The van der Waals surface area contributed by atoms with Crippen LogP contribution < -0.4 is 0 Å². The van der Waals surface area contributed by atoms with Crippen LogP contribution in [-0.2, 0) is 11.3 Å². The molecule has 0 aliphatic carbocycles. The Morgan fingerprint density at radius 3 is 2.56 bits per heavy atom. The van der Waals surface area contributed by atoms with Crippen molar-refractivity contribution in [3.63, 3.8) is 0 Å². The van der Waals surface area contributed by atoms with Crippen LogP contribution in [0.5, 0.6) is 0 Å². The van der Waals surface area contributed by atoms with Crippen LogP contribution in [0.2, 0.25) is 0 Å². The number of hydrogen-bond donors (Lipinski definition) is 1. The first-order valence-electron chi connectivity index (χ1n) is 5.70. The molecule has 0 saturated heterocycles. The molecule has 0 spiro atoms. The summed E-state index contributed by atoms with van der Waals surface area (Å²) in [5, 5.41) is 8.69. The molecule has 0 bridgehead atoms. The largest absolute Gasteiger partial charge is 0.396 e. The van der Waals surface area contributed by atoms with E-state index < -0.39 is 0 Å². The van der Waals surface area contributed by atoms with Crippen molar-refractivity contribution >= 4 is 5.91 Å². The molecule has 0 fully saturated rings. The van der Waals surface area contributed by atoms with Gasteiger partial charge in [-0.1, -0.05) is 30.3 Å². The van der Waals surface area contributed by atoms with E-state index in [0.717, 1.165) is 5.56 Å². The third-order valence-electron chi connectivity index (χ3n) is 2.50. The quantitative estimate of drug-likeness (QED) is 0.796. The van der Waals surface area contributed by atoms with E-state index in [1.807, 2.05) is 42.2 Å². The minimum atomic E-state index is 0.0780. The van der Waals surface area contributed by atoms with Crippen molar-refractivity contribution in [3.8, 4) is 0 Å². The Balaban J connectivity index is 2.52. The number of rotatable bonds is 6. The zero-order chi connectivity index (χ0) is 11.8. The summed E-state index contributed by atoms with van der Waals surface area (Å²) in [6.07, 6.45) is 0.974. The first kappa shape index (κ1) is 12.7. The molecule has 1 rings (SSSR count). The smallest absolute Gasteiger partial charge is 0.222 e. The molecular weight excluding hydrogens is 202 g/mol. The Kier molecular flexibility index (Phi) is 5.57. The van der Waals surface area contributed by atoms with Gasteiger partial charge in [0.05, 0.1) is 0 Å². The second kappa shape index (κ2) is 7.01. The molecule has 0 radical (unpaired) electrons. The van der Waals surface area contributed by atoms with E-state index in [4.69, 9.17) is 5.11 Å². The van der Waals surface area contributed by atoms with Gasteiger partial charge in [0.15, 0.2) is 0 Å². The second-order valence-electron chi connectivity index (χ2n) is 3.72. The van der Waals surface area contributed by atoms with Crippen molar-refractivity contribution in [2.75, 3.05) is 13.2 Å². The van der Waals surface area contributed by atoms with Gasteiger partial charge in [-0.2, -0.15) is 0 Å². The summed E-state index contributed by atoms with van der Waals surface area (Å²) >= 11 is 0. The number of carbonyl (C=O) groups excluding carboxylic acids is 1. The predicted octanol–water partition coefficient (Wildman–Crippen LogP) is 1.81. The molecule has 1 amide bonds. The van der Waals surface area contributed by atoms with Gasteiger partial charge in [-0.3, -0.25) is 4.79 Å². The van der Waals surface area contributed by atoms with Gasteiger partial charge in [0.2, 0.25) is 5.91 Å². The van der Waals surface area contributed by atoms with Gasteiger partial charge in [0.1, 0.15) is 0 Å². The highest BCUT2D eigenvalue weighted by atomic mass is 16.3. The second-order valence-corrected chi connectivity index (χ2v) is 3.72. The Bertz CT molecular complexity index is 311. The average Bonchev–Trinajstić information content (AvgIpc) is 2.34. The van der Waals surface area contributed by atoms with Gasteiger partial charge in [-0.15, -0.1) is 0 Å². The van der Waals surface area contributed by atoms with Crippen molar-refractivity contribution in [1.82, 2.24) is 4.90 Å². The number of amides is 1. The molecule has 3 nitrogen and oxygen atoms in total. The van der Waals surface area contributed by atoms with Crippen LogP contribution in [0.15, 0.2) is 30.3 Å². The highest BCUT2D eigenvalue weighted by Crippen LogP contribution is 2.06. The number of carbonyl (C=O) groups is 1. The molecule has 1 N–H and O–H groups in total. The van der Waals surface area contributed by atoms with E-state index in [2.05, 4.69) is 0 Å². The van der Waals surface area contributed by atoms with E-state index in [0.29, 0.717) is 25.9 Å². The van der Waals surface area contributed by atoms with Gasteiger partial charge in [0.25, 0.3) is 0 Å². The molecular formula is C13H19NO2. The fourth-order valence-electron chi connectivity index (χ4n) is 1.57. The van der Waals surface area contributed by atoms with Crippen LogP contribution in [0.1, 0.15) is 25.3 Å². The first-order chi connectivity index (χ1) is 7.77. The van der Waals surface area contributed by atoms with Crippen LogP contribution in [0.3, 0.4) is 0 Å². The Morgan fingerprint density at radius 2 is 2.00 bits per heavy atom. The highest BCUT2D eigenvalue weighted by molar-refractivity contribution is 5.76. The third kappa shape index (κ3) is 4.03. The van der Waals surface area contributed by atoms with E-state index >= 15 is 0 Å². The van der Waals surface area contributed by atoms with Crippen molar-refractivity contribution in [3.05, 3.63) is 35.9 Å². The number of aliphatic hydroxyl groups is 1. The van der Waals surface area contributed by atoms with E-state index in [1.165, 1.54) is 0 Å². The summed E-state index contributed by atoms with van der Waals surface area (Å²) in [7, 11) is 0. The Morgan fingerprint density at radius 1 is 1.31 bits per heavy atom. The van der Waals surface area contributed by atoms with E-state index in [9.17, 15) is 4.79 Å². The molecule has 0 atom stereocenters. The molecule has 0 aliphatic heterocycles. The lowest BCUT2D eigenvalue weighted by atomic mass is 10.2. The average molecular weight is 221 g/mol. The molecule has 0 heterocycles. The molecule has 0 unspecified atom stereocenters. The minimum Gasteiger partial charge on any atom is -0.396 e. The van der Waals surface area contributed by atoms with Crippen LogP contribution >= 0.6 is 0 Å². The first-order valence-corrected chi connectivity index (χ1v) is 5.70. The molecule has 3 heteroatoms. The van der Waals surface area contributed by atoms with Gasteiger partial charge in [-0.05, 0) is 18.9 Å². The summed E-state index contributed by atoms with van der Waals surface area (Å²) in [4.78, 5) is 13.6. The summed E-state index contributed by atoms with van der Waals surface area (Å²) < 4.78 is 0. The lowest BCUT2D eigenvalue weighted by Gasteiger charge is -2.20. The fraction of sp³-hybridized carbons (Fsp3) is 0.462. The van der Waals surface area contributed by atoms with Gasteiger partial charge in [0, 0.05) is 26.1 Å². The van der Waals surface area contributed by atoms with Crippen molar-refractivity contribution in [2.45, 2.75) is 26.3 Å². The lowest BCUT2D eigenvalue weighted by Crippen LogP contribution is -2.30. The zero-order valence-electron chi connectivity index (χ0n) is 9.72. The minimum absolute atomic E-state index is 0.0780. The van der Waals surface area contributed by atoms with Gasteiger partial charge >= 0.3 is 0 Å².